The molecule has 0 aliphatic rings. The van der Waals surface area contributed by atoms with E-state index < -0.39 is 85.4 Å². The van der Waals surface area contributed by atoms with E-state index in [1.54, 1.807) is 0 Å². The van der Waals surface area contributed by atoms with Crippen LogP contribution in [0.4, 0.5) is 74.6 Å². The molecule has 0 aliphatic carbocycles. The Balaban J connectivity index is 6.50. The highest BCUT2D eigenvalue weighted by Crippen LogP contribution is 2.64. The maximum absolute atomic E-state index is 14.0. The van der Waals surface area contributed by atoms with Crippen molar-refractivity contribution in [1.82, 2.24) is 0 Å². The predicted octanol–water partition coefficient (Wildman–Crippen LogP) is 5.33. The Labute approximate surface area is 201 Å². The second kappa shape index (κ2) is 10.1. The van der Waals surface area contributed by atoms with E-state index in [1.807, 2.05) is 0 Å². The van der Waals surface area contributed by atoms with Gasteiger partial charge in [-0.2, -0.15) is 74.6 Å². The van der Waals surface area contributed by atoms with E-state index in [4.69, 9.17) is 4.89 Å². The minimum absolute atomic E-state index is 0.490. The maximum Gasteiger partial charge on any atom is 0.460 e. The summed E-state index contributed by atoms with van der Waals surface area (Å²) >= 11 is 0. The fourth-order valence-corrected chi connectivity index (χ4v) is 3.22. The van der Waals surface area contributed by atoms with Gasteiger partial charge < -0.3 is 18.8 Å². The molecule has 38 heavy (non-hydrogen) atoms. The van der Waals surface area contributed by atoms with E-state index >= 15 is 0 Å². The molecule has 0 saturated heterocycles. The van der Waals surface area contributed by atoms with E-state index in [0.717, 1.165) is 21.1 Å². The first-order chi connectivity index (χ1) is 16.0. The molecule has 0 amide bonds. The zero-order valence-corrected chi connectivity index (χ0v) is 19.6. The zero-order chi connectivity index (χ0) is 31.4. The lowest BCUT2D eigenvalue weighted by atomic mass is 9.87. The van der Waals surface area contributed by atoms with Crippen molar-refractivity contribution in [2.24, 2.45) is 0 Å². The number of quaternary nitrogens is 1. The molecular formula is C15H17F17NO4P. The Hall–Kier alpha value is -1.12. The smallest absolute Gasteiger partial charge is 0.460 e. The molecule has 0 radical (unpaired) electrons. The quantitative estimate of drug-likeness (QED) is 0.170. The minimum Gasteiger partial charge on any atom is -0.756 e. The van der Waals surface area contributed by atoms with Crippen LogP contribution < -0.4 is 4.89 Å². The van der Waals surface area contributed by atoms with Gasteiger partial charge in [-0.1, -0.05) is 0 Å². The molecule has 0 bridgehead atoms. The van der Waals surface area contributed by atoms with Gasteiger partial charge in [0.25, 0.3) is 7.82 Å². The molecule has 230 valence electrons. The number of hydrogen-bond donors (Lipinski definition) is 1. The zero-order valence-electron chi connectivity index (χ0n) is 18.7. The van der Waals surface area contributed by atoms with Gasteiger partial charge in [0.05, 0.1) is 21.1 Å². The molecule has 0 aromatic heterocycles. The molecule has 0 saturated carbocycles. The number of phosphoric acid groups is 1. The summed E-state index contributed by atoms with van der Waals surface area (Å²) in [5.41, 5.74) is 0. The first kappa shape index (κ1) is 36.9. The molecule has 5 nitrogen and oxygen atoms in total. The van der Waals surface area contributed by atoms with Gasteiger partial charge in [-0.15, -0.1) is 0 Å². The van der Waals surface area contributed by atoms with Crippen LogP contribution >= 0.6 is 7.82 Å². The molecule has 23 heteroatoms. The van der Waals surface area contributed by atoms with Crippen LogP contribution in [0.2, 0.25) is 0 Å². The molecule has 0 aromatic rings. The molecule has 2 atom stereocenters. The number of nitrogens with zero attached hydrogens (tertiary/aromatic N) is 1. The molecule has 0 heterocycles. The molecule has 0 rings (SSSR count). The van der Waals surface area contributed by atoms with Gasteiger partial charge in [-0.05, 0) is 6.42 Å². The van der Waals surface area contributed by atoms with Gasteiger partial charge in [0.15, 0.2) is 0 Å². The van der Waals surface area contributed by atoms with E-state index in [0.29, 0.717) is 0 Å². The Bertz CT molecular complexity index is 878. The van der Waals surface area contributed by atoms with Gasteiger partial charge in [0.1, 0.15) is 12.6 Å². The van der Waals surface area contributed by atoms with Crippen molar-refractivity contribution >= 4 is 7.82 Å². The molecule has 0 spiro atoms. The fraction of sp³-hybridized carbons (Fsp3) is 1.00. The lowest BCUT2D eigenvalue weighted by Gasteiger charge is -2.43. The summed E-state index contributed by atoms with van der Waals surface area (Å²) in [5, 5.41) is 0. The van der Waals surface area contributed by atoms with Crippen molar-refractivity contribution in [3.05, 3.63) is 0 Å². The van der Waals surface area contributed by atoms with E-state index in [-0.39, 0.29) is 0 Å². The summed E-state index contributed by atoms with van der Waals surface area (Å²) in [4.78, 5) is 19.4. The summed E-state index contributed by atoms with van der Waals surface area (Å²) in [6.07, 6.45) is -14.9. The predicted molar refractivity (Wildman–Crippen MR) is 87.5 cm³/mol. The molecule has 0 aromatic carbocycles. The molecule has 2 unspecified atom stereocenters. The van der Waals surface area contributed by atoms with E-state index in [1.165, 1.54) is 0 Å². The average molecular weight is 629 g/mol. The Morgan fingerprint density at radius 2 is 1.00 bits per heavy atom. The topological polar surface area (TPSA) is 69.6 Å². The second-order valence-electron chi connectivity index (χ2n) is 8.86. The first-order valence-electron chi connectivity index (χ1n) is 9.27. The lowest BCUT2D eigenvalue weighted by Crippen LogP contribution is -2.74. The average Bonchev–Trinajstić information content (AvgIpc) is 2.61. The maximum atomic E-state index is 14.0. The number of likely N-dealkylation sites (N-methyl/N-ethyl adjacent to an activating group) is 1. The third kappa shape index (κ3) is 6.60. The summed E-state index contributed by atoms with van der Waals surface area (Å²) in [5.74, 6) is -57.3. The molecular weight excluding hydrogens is 612 g/mol. The third-order valence-corrected chi connectivity index (χ3v) is 5.17. The summed E-state index contributed by atoms with van der Waals surface area (Å²) < 4.78 is 240. The van der Waals surface area contributed by atoms with Crippen LogP contribution in [0.15, 0.2) is 0 Å². The van der Waals surface area contributed by atoms with Crippen LogP contribution in [-0.2, 0) is 9.09 Å². The van der Waals surface area contributed by atoms with Crippen LogP contribution in [-0.4, -0.2) is 90.8 Å². The van der Waals surface area contributed by atoms with Gasteiger partial charge >= 0.3 is 47.6 Å². The monoisotopic (exact) mass is 629 g/mol. The van der Waals surface area contributed by atoms with Gasteiger partial charge in [0, 0.05) is 6.42 Å². The minimum atomic E-state index is -8.73. The standard InChI is InChI=1S/C15H17F17NO4P/c1-33(2,3)6-7(37-38(34,35)36)4-5-8(16,17)9(18,19)10(20,21)11(22,23)12(24,25)13(26,27)14(28,29)15(30,31)32/h7H,4-6H2,1-3H3,(H-,34,35,36). The van der Waals surface area contributed by atoms with Crippen LogP contribution in [0.5, 0.6) is 0 Å². The van der Waals surface area contributed by atoms with E-state index in [2.05, 4.69) is 4.52 Å². The van der Waals surface area contributed by atoms with Crippen molar-refractivity contribution in [2.75, 3.05) is 27.7 Å². The number of rotatable bonds is 13. The largest absolute Gasteiger partial charge is 0.756 e. The van der Waals surface area contributed by atoms with Gasteiger partial charge in [-0.25, -0.2) is 0 Å². The van der Waals surface area contributed by atoms with Crippen LogP contribution in [0, 0.1) is 0 Å². The van der Waals surface area contributed by atoms with Crippen molar-refractivity contribution in [2.45, 2.75) is 66.6 Å². The Kier molecular flexibility index (Phi) is 9.76. The number of alkyl halides is 17. The summed E-state index contributed by atoms with van der Waals surface area (Å²) in [6, 6.07) is 0. The van der Waals surface area contributed by atoms with Crippen LogP contribution in [0.3, 0.4) is 0 Å². The van der Waals surface area contributed by atoms with Gasteiger partial charge in [0.2, 0.25) is 0 Å². The van der Waals surface area contributed by atoms with Crippen molar-refractivity contribution in [3.63, 3.8) is 0 Å². The number of phosphoric ester groups is 1. The molecule has 0 fully saturated rings. The van der Waals surface area contributed by atoms with Gasteiger partial charge in [-0.3, -0.25) is 4.57 Å². The molecule has 1 N–H and O–H groups in total. The van der Waals surface area contributed by atoms with Crippen molar-refractivity contribution in [1.29, 1.82) is 0 Å². The highest BCUT2D eigenvalue weighted by atomic mass is 31.2. The SMILES string of the molecule is C[N+](C)(C)CC(CCC(F)(F)C(F)(F)C(F)(F)C(F)(F)C(F)(F)C(F)(F)C(F)(F)C(F)(F)F)OP(=O)([O-])O. The normalized spacial score (nSPS) is 18.4. The number of halogens is 17. The number of hydrogen-bond acceptors (Lipinski definition) is 3. The Morgan fingerprint density at radius 3 is 1.29 bits per heavy atom. The summed E-state index contributed by atoms with van der Waals surface area (Å²) in [7, 11) is -2.40. The van der Waals surface area contributed by atoms with Crippen molar-refractivity contribution < 1.29 is 98.0 Å². The van der Waals surface area contributed by atoms with Crippen molar-refractivity contribution in [3.8, 4) is 0 Å². The highest BCUT2D eigenvalue weighted by molar-refractivity contribution is 7.44. The highest BCUT2D eigenvalue weighted by Gasteiger charge is 2.95. The van der Waals surface area contributed by atoms with Crippen LogP contribution in [0.1, 0.15) is 12.8 Å². The fourth-order valence-electron chi connectivity index (χ4n) is 2.67. The molecule has 0 aliphatic heterocycles. The van der Waals surface area contributed by atoms with Crippen LogP contribution in [0.25, 0.3) is 0 Å². The first-order valence-corrected chi connectivity index (χ1v) is 10.8. The third-order valence-electron chi connectivity index (χ3n) is 4.60. The lowest BCUT2D eigenvalue weighted by molar-refractivity contribution is -0.873. The Morgan fingerprint density at radius 1 is 0.684 bits per heavy atom. The summed E-state index contributed by atoms with van der Waals surface area (Å²) in [6.45, 7) is -0.822. The second-order valence-corrected chi connectivity index (χ2v) is 10.0. The van der Waals surface area contributed by atoms with E-state index in [9.17, 15) is 84.1 Å².